The number of halogens is 2. The summed E-state index contributed by atoms with van der Waals surface area (Å²) < 4.78 is 6.49. The van der Waals surface area contributed by atoms with E-state index in [1.165, 1.54) is 0 Å². The van der Waals surface area contributed by atoms with Crippen LogP contribution in [0.3, 0.4) is 0 Å². The van der Waals surface area contributed by atoms with Crippen LogP contribution in [0.4, 0.5) is 5.69 Å². The fourth-order valence-electron chi connectivity index (χ4n) is 2.20. The molecular formula is C18H30BrIN4O2. The van der Waals surface area contributed by atoms with Gasteiger partial charge in [-0.05, 0) is 29.7 Å². The molecule has 0 fully saturated rings. The molecule has 1 amide bonds. The van der Waals surface area contributed by atoms with Gasteiger partial charge >= 0.3 is 0 Å². The van der Waals surface area contributed by atoms with Crippen molar-refractivity contribution in [3.8, 4) is 0 Å². The molecule has 8 heteroatoms. The number of amides is 1. The Morgan fingerprint density at radius 3 is 2.35 bits per heavy atom. The Morgan fingerprint density at radius 2 is 1.85 bits per heavy atom. The van der Waals surface area contributed by atoms with Gasteiger partial charge in [0.15, 0.2) is 5.96 Å². The quantitative estimate of drug-likeness (QED) is 0.280. The predicted octanol–water partition coefficient (Wildman–Crippen LogP) is 3.62. The second-order valence-electron chi connectivity index (χ2n) is 6.78. The van der Waals surface area contributed by atoms with Gasteiger partial charge < -0.3 is 20.7 Å². The summed E-state index contributed by atoms with van der Waals surface area (Å²) in [4.78, 5) is 16.1. The molecule has 1 atom stereocenters. The minimum Gasteiger partial charge on any atom is -0.379 e. The van der Waals surface area contributed by atoms with Gasteiger partial charge in [0.05, 0.1) is 6.10 Å². The predicted molar refractivity (Wildman–Crippen MR) is 122 cm³/mol. The molecule has 1 unspecified atom stereocenters. The fraction of sp³-hybridized carbons (Fsp3) is 0.556. The minimum atomic E-state index is -0.0465. The van der Waals surface area contributed by atoms with Crippen LogP contribution >= 0.6 is 39.9 Å². The van der Waals surface area contributed by atoms with Crippen molar-refractivity contribution in [3.63, 3.8) is 0 Å². The molecule has 0 spiro atoms. The number of nitrogens with zero attached hydrogens (tertiary/aromatic N) is 1. The third kappa shape index (κ3) is 9.72. The van der Waals surface area contributed by atoms with Crippen molar-refractivity contribution >= 4 is 57.5 Å². The van der Waals surface area contributed by atoms with Gasteiger partial charge in [0.25, 0.3) is 0 Å². The van der Waals surface area contributed by atoms with Crippen LogP contribution in [0.1, 0.15) is 27.2 Å². The van der Waals surface area contributed by atoms with E-state index in [0.29, 0.717) is 25.5 Å². The molecule has 0 aliphatic rings. The number of hydrogen-bond acceptors (Lipinski definition) is 3. The number of carbonyl (C=O) groups excluding carboxylic acids is 1. The smallest absolute Gasteiger partial charge is 0.226 e. The van der Waals surface area contributed by atoms with E-state index in [1.54, 1.807) is 14.2 Å². The normalized spacial score (nSPS) is 12.8. The molecule has 0 aliphatic carbocycles. The summed E-state index contributed by atoms with van der Waals surface area (Å²) in [5, 5.41) is 9.23. The molecule has 26 heavy (non-hydrogen) atoms. The highest BCUT2D eigenvalue weighted by Crippen LogP contribution is 2.20. The standard InChI is InChI=1S/C18H29BrN4O2.HI/c1-18(2,3)15(25-5)12-22-17(20-4)21-11-10-16(24)23-14-8-6-13(19)7-9-14;/h6-9,15H,10-12H2,1-5H3,(H,23,24)(H2,20,21,22);1H. The molecule has 1 rings (SSSR count). The Kier molecular flexibility index (Phi) is 12.1. The minimum absolute atomic E-state index is 0. The molecule has 0 bridgehead atoms. The number of benzene rings is 1. The highest BCUT2D eigenvalue weighted by molar-refractivity contribution is 14.0. The average molecular weight is 541 g/mol. The first-order valence-corrected chi connectivity index (χ1v) is 9.08. The molecule has 1 aromatic rings. The van der Waals surface area contributed by atoms with Crippen molar-refractivity contribution in [1.29, 1.82) is 0 Å². The molecule has 0 aromatic heterocycles. The highest BCUT2D eigenvalue weighted by atomic mass is 127. The number of nitrogens with one attached hydrogen (secondary N) is 3. The molecule has 0 heterocycles. The number of guanidine groups is 1. The summed E-state index contributed by atoms with van der Waals surface area (Å²) in [5.41, 5.74) is 0.814. The van der Waals surface area contributed by atoms with Gasteiger partial charge in [0.2, 0.25) is 5.91 Å². The topological polar surface area (TPSA) is 74.8 Å². The van der Waals surface area contributed by atoms with E-state index in [9.17, 15) is 4.79 Å². The zero-order chi connectivity index (χ0) is 18.9. The number of ether oxygens (including phenoxy) is 1. The van der Waals surface area contributed by atoms with Gasteiger partial charge in [0.1, 0.15) is 0 Å². The summed E-state index contributed by atoms with van der Waals surface area (Å²) in [6, 6.07) is 7.49. The molecule has 3 N–H and O–H groups in total. The third-order valence-corrected chi connectivity index (χ3v) is 4.23. The van der Waals surface area contributed by atoms with Crippen molar-refractivity contribution in [2.75, 3.05) is 32.6 Å². The van der Waals surface area contributed by atoms with Crippen LogP contribution in [0.2, 0.25) is 0 Å². The lowest BCUT2D eigenvalue weighted by atomic mass is 9.89. The third-order valence-electron chi connectivity index (χ3n) is 3.70. The zero-order valence-corrected chi connectivity index (χ0v) is 20.0. The lowest BCUT2D eigenvalue weighted by Crippen LogP contribution is -2.45. The van der Waals surface area contributed by atoms with Gasteiger partial charge in [-0.2, -0.15) is 0 Å². The maximum Gasteiger partial charge on any atom is 0.226 e. The van der Waals surface area contributed by atoms with Crippen LogP contribution < -0.4 is 16.0 Å². The first kappa shape index (κ1) is 25.1. The first-order valence-electron chi connectivity index (χ1n) is 8.29. The average Bonchev–Trinajstić information content (AvgIpc) is 2.54. The maximum atomic E-state index is 12.0. The van der Waals surface area contributed by atoms with Crippen molar-refractivity contribution < 1.29 is 9.53 Å². The summed E-state index contributed by atoms with van der Waals surface area (Å²) in [7, 11) is 3.41. The Morgan fingerprint density at radius 1 is 1.23 bits per heavy atom. The number of hydrogen-bond donors (Lipinski definition) is 3. The van der Waals surface area contributed by atoms with Crippen LogP contribution in [-0.4, -0.2) is 45.2 Å². The van der Waals surface area contributed by atoms with Crippen LogP contribution in [0.15, 0.2) is 33.7 Å². The fourth-order valence-corrected chi connectivity index (χ4v) is 2.47. The zero-order valence-electron chi connectivity index (χ0n) is 16.1. The van der Waals surface area contributed by atoms with Crippen LogP contribution in [-0.2, 0) is 9.53 Å². The number of aliphatic imine (C=N–C) groups is 1. The van der Waals surface area contributed by atoms with E-state index in [2.05, 4.69) is 57.6 Å². The second-order valence-corrected chi connectivity index (χ2v) is 7.69. The van der Waals surface area contributed by atoms with E-state index in [4.69, 9.17) is 4.74 Å². The monoisotopic (exact) mass is 540 g/mol. The Bertz CT molecular complexity index is 574. The number of carbonyl (C=O) groups is 1. The van der Waals surface area contributed by atoms with Gasteiger partial charge in [-0.15, -0.1) is 24.0 Å². The molecule has 0 aliphatic heterocycles. The number of anilines is 1. The largest absolute Gasteiger partial charge is 0.379 e. The molecule has 6 nitrogen and oxygen atoms in total. The van der Waals surface area contributed by atoms with E-state index < -0.39 is 0 Å². The summed E-state index contributed by atoms with van der Waals surface area (Å²) in [6.07, 6.45) is 0.413. The molecule has 0 saturated carbocycles. The Hall–Kier alpha value is -0.870. The summed E-state index contributed by atoms with van der Waals surface area (Å²) in [6.45, 7) is 7.53. The number of methoxy groups -OCH3 is 1. The summed E-state index contributed by atoms with van der Waals surface area (Å²) >= 11 is 3.37. The van der Waals surface area contributed by atoms with Crippen LogP contribution in [0.25, 0.3) is 0 Å². The molecule has 0 radical (unpaired) electrons. The van der Waals surface area contributed by atoms with Crippen molar-refractivity contribution in [2.24, 2.45) is 10.4 Å². The first-order chi connectivity index (χ1) is 11.8. The molecule has 0 saturated heterocycles. The van der Waals surface area contributed by atoms with E-state index in [-0.39, 0.29) is 41.4 Å². The Balaban J connectivity index is 0.00000625. The van der Waals surface area contributed by atoms with E-state index >= 15 is 0 Å². The van der Waals surface area contributed by atoms with E-state index in [1.807, 2.05) is 24.3 Å². The van der Waals surface area contributed by atoms with Crippen molar-refractivity contribution in [3.05, 3.63) is 28.7 Å². The van der Waals surface area contributed by atoms with E-state index in [0.717, 1.165) is 10.2 Å². The van der Waals surface area contributed by atoms with Gasteiger partial charge in [0, 0.05) is 43.8 Å². The lowest BCUT2D eigenvalue weighted by molar-refractivity contribution is -0.116. The van der Waals surface area contributed by atoms with Gasteiger partial charge in [-0.25, -0.2) is 0 Å². The van der Waals surface area contributed by atoms with Crippen molar-refractivity contribution in [1.82, 2.24) is 10.6 Å². The molecule has 148 valence electrons. The summed E-state index contributed by atoms with van der Waals surface area (Å²) in [5.74, 6) is 0.609. The second kappa shape index (κ2) is 12.5. The molecule has 1 aromatic carbocycles. The van der Waals surface area contributed by atoms with Crippen molar-refractivity contribution in [2.45, 2.75) is 33.3 Å². The lowest BCUT2D eigenvalue weighted by Gasteiger charge is -2.30. The van der Waals surface area contributed by atoms with Gasteiger partial charge in [-0.1, -0.05) is 36.7 Å². The van der Waals surface area contributed by atoms with Crippen LogP contribution in [0.5, 0.6) is 0 Å². The van der Waals surface area contributed by atoms with Gasteiger partial charge in [-0.3, -0.25) is 9.79 Å². The maximum absolute atomic E-state index is 12.0. The SMILES string of the molecule is CN=C(NCCC(=O)Nc1ccc(Br)cc1)NCC(OC)C(C)(C)C.I. The Labute approximate surface area is 182 Å². The molecular weight excluding hydrogens is 511 g/mol. The van der Waals surface area contributed by atoms with Crippen LogP contribution in [0, 0.1) is 5.41 Å². The number of rotatable bonds is 7. The highest BCUT2D eigenvalue weighted by Gasteiger charge is 2.24.